The Morgan fingerprint density at radius 3 is 2.80 bits per heavy atom. The van der Waals surface area contributed by atoms with Crippen LogP contribution in [0.25, 0.3) is 0 Å². The summed E-state index contributed by atoms with van der Waals surface area (Å²) in [4.78, 5) is 14.1. The van der Waals surface area contributed by atoms with Gasteiger partial charge in [-0.15, -0.1) is 10.2 Å². The monoisotopic (exact) mass is 357 g/mol. The number of aromatic nitrogens is 4. The van der Waals surface area contributed by atoms with E-state index in [0.717, 1.165) is 18.0 Å². The van der Waals surface area contributed by atoms with Gasteiger partial charge in [0, 0.05) is 25.4 Å². The Hall–Kier alpha value is -2.36. The molecule has 0 unspecified atom stereocenters. The van der Waals surface area contributed by atoms with E-state index in [2.05, 4.69) is 20.5 Å². The van der Waals surface area contributed by atoms with Gasteiger partial charge in [-0.05, 0) is 25.0 Å². The van der Waals surface area contributed by atoms with Crippen LogP contribution in [-0.4, -0.2) is 43.4 Å². The summed E-state index contributed by atoms with van der Waals surface area (Å²) in [6, 6.07) is 1.91. The van der Waals surface area contributed by atoms with Crippen molar-refractivity contribution in [2.75, 3.05) is 6.54 Å². The van der Waals surface area contributed by atoms with Crippen molar-refractivity contribution < 1.29 is 23.1 Å². The minimum atomic E-state index is -4.52. The molecule has 10 heteroatoms. The summed E-state index contributed by atoms with van der Waals surface area (Å²) in [5, 5.41) is 20.6. The quantitative estimate of drug-likeness (QED) is 0.772. The molecule has 1 amide bonds. The van der Waals surface area contributed by atoms with Gasteiger partial charge in [0.2, 0.25) is 0 Å². The summed E-state index contributed by atoms with van der Waals surface area (Å²) in [5.74, 6) is -0.0220. The van der Waals surface area contributed by atoms with E-state index in [0.29, 0.717) is 12.8 Å². The lowest BCUT2D eigenvalue weighted by atomic mass is 10.0. The second-order valence-electron chi connectivity index (χ2n) is 6.29. The molecule has 0 radical (unpaired) electrons. The molecule has 3 N–H and O–H groups in total. The van der Waals surface area contributed by atoms with E-state index in [4.69, 9.17) is 0 Å². The number of hydrogen-bond acceptors (Lipinski definition) is 4. The lowest BCUT2D eigenvalue weighted by molar-refractivity contribution is -0.140. The molecule has 7 nitrogen and oxygen atoms in total. The fraction of sp³-hybridized carbons (Fsp3) is 0.533. The molecule has 1 saturated carbocycles. The van der Waals surface area contributed by atoms with E-state index < -0.39 is 23.9 Å². The predicted molar refractivity (Wildman–Crippen MR) is 80.6 cm³/mol. The van der Waals surface area contributed by atoms with Crippen LogP contribution in [0.5, 0.6) is 0 Å². The minimum absolute atomic E-state index is 0.0340. The molecule has 3 atom stereocenters. The fourth-order valence-corrected chi connectivity index (χ4v) is 3.21. The number of aliphatic hydroxyl groups excluding tert-OH is 1. The van der Waals surface area contributed by atoms with Crippen molar-refractivity contribution in [1.82, 2.24) is 25.1 Å². The number of carbonyl (C=O) groups is 1. The summed E-state index contributed by atoms with van der Waals surface area (Å²) in [5.41, 5.74) is -1.13. The highest BCUT2D eigenvalue weighted by Crippen LogP contribution is 2.37. The number of hydrogen-bond donors (Lipinski definition) is 3. The second-order valence-corrected chi connectivity index (χ2v) is 6.29. The average Bonchev–Trinajstić information content (AvgIpc) is 3.23. The molecule has 0 bridgehead atoms. The highest BCUT2D eigenvalue weighted by Gasteiger charge is 2.36. The van der Waals surface area contributed by atoms with Crippen molar-refractivity contribution in [3.8, 4) is 0 Å². The van der Waals surface area contributed by atoms with Crippen LogP contribution in [0.15, 0.2) is 18.5 Å². The van der Waals surface area contributed by atoms with Gasteiger partial charge in [-0.3, -0.25) is 4.79 Å². The zero-order chi connectivity index (χ0) is 18.2. The lowest BCUT2D eigenvalue weighted by Gasteiger charge is -2.14. The fourth-order valence-electron chi connectivity index (χ4n) is 3.21. The number of aliphatic hydroxyl groups is 1. The molecule has 1 aliphatic rings. The SMILES string of the molecule is Cn1cnnc1[C@H]1C[C@H](CNC(=O)c2ccc(C(F)(F)F)[nH]2)[C@H](O)C1. The molecular weight excluding hydrogens is 339 g/mol. The molecule has 3 rings (SSSR count). The molecule has 0 aromatic carbocycles. The number of H-pyrrole nitrogens is 1. The lowest BCUT2D eigenvalue weighted by Crippen LogP contribution is -2.32. The Morgan fingerprint density at radius 2 is 2.20 bits per heavy atom. The first-order valence-corrected chi connectivity index (χ1v) is 7.82. The minimum Gasteiger partial charge on any atom is -0.393 e. The largest absolute Gasteiger partial charge is 0.431 e. The molecule has 25 heavy (non-hydrogen) atoms. The molecule has 1 aliphatic carbocycles. The van der Waals surface area contributed by atoms with Gasteiger partial charge in [-0.1, -0.05) is 0 Å². The van der Waals surface area contributed by atoms with Crippen LogP contribution in [-0.2, 0) is 13.2 Å². The van der Waals surface area contributed by atoms with Crippen LogP contribution in [0.1, 0.15) is 40.8 Å². The van der Waals surface area contributed by atoms with Crippen molar-refractivity contribution >= 4 is 5.91 Å². The van der Waals surface area contributed by atoms with Crippen LogP contribution < -0.4 is 5.32 Å². The Balaban J connectivity index is 1.57. The van der Waals surface area contributed by atoms with E-state index in [9.17, 15) is 23.1 Å². The zero-order valence-corrected chi connectivity index (χ0v) is 13.4. The van der Waals surface area contributed by atoms with Crippen molar-refractivity contribution in [3.05, 3.63) is 35.7 Å². The van der Waals surface area contributed by atoms with Crippen molar-refractivity contribution in [2.24, 2.45) is 13.0 Å². The third-order valence-electron chi connectivity index (χ3n) is 4.53. The maximum absolute atomic E-state index is 12.5. The number of alkyl halides is 3. The van der Waals surface area contributed by atoms with Crippen LogP contribution in [0.2, 0.25) is 0 Å². The third kappa shape index (κ3) is 3.68. The molecule has 2 aromatic rings. The molecule has 0 spiro atoms. The van der Waals surface area contributed by atoms with Gasteiger partial charge in [0.05, 0.1) is 6.10 Å². The van der Waals surface area contributed by atoms with Crippen molar-refractivity contribution in [1.29, 1.82) is 0 Å². The topological polar surface area (TPSA) is 95.8 Å². The standard InChI is InChI=1S/C15H18F3N5O2/c1-23-7-20-22-13(23)8-4-9(11(24)5-8)6-19-14(25)10-2-3-12(21-10)15(16,17)18/h2-3,7-9,11,21,24H,4-6H2,1H3,(H,19,25)/t8-,9+,11+/m0/s1. The van der Waals surface area contributed by atoms with E-state index in [1.807, 2.05) is 7.05 Å². The van der Waals surface area contributed by atoms with E-state index in [-0.39, 0.29) is 24.1 Å². The van der Waals surface area contributed by atoms with Crippen LogP contribution >= 0.6 is 0 Å². The number of carbonyl (C=O) groups excluding carboxylic acids is 1. The number of amides is 1. The Labute approximate surface area is 141 Å². The van der Waals surface area contributed by atoms with Crippen LogP contribution in [0, 0.1) is 5.92 Å². The van der Waals surface area contributed by atoms with Gasteiger partial charge in [0.25, 0.3) is 5.91 Å². The maximum atomic E-state index is 12.5. The third-order valence-corrected chi connectivity index (χ3v) is 4.53. The number of rotatable bonds is 4. The average molecular weight is 357 g/mol. The first kappa shape index (κ1) is 17.5. The van der Waals surface area contributed by atoms with Crippen molar-refractivity contribution in [3.63, 3.8) is 0 Å². The van der Waals surface area contributed by atoms with Crippen LogP contribution in [0.4, 0.5) is 13.2 Å². The molecule has 2 heterocycles. The summed E-state index contributed by atoms with van der Waals surface area (Å²) in [6.45, 7) is 0.175. The predicted octanol–water partition coefficient (Wildman–Crippen LogP) is 1.45. The smallest absolute Gasteiger partial charge is 0.393 e. The molecule has 2 aromatic heterocycles. The van der Waals surface area contributed by atoms with Gasteiger partial charge in [-0.2, -0.15) is 13.2 Å². The number of aryl methyl sites for hydroxylation is 1. The van der Waals surface area contributed by atoms with Gasteiger partial charge in [-0.25, -0.2) is 0 Å². The Bertz CT molecular complexity index is 754. The highest BCUT2D eigenvalue weighted by molar-refractivity contribution is 5.92. The molecular formula is C15H18F3N5O2. The summed E-state index contributed by atoms with van der Waals surface area (Å²) < 4.78 is 39.4. The molecule has 0 aliphatic heterocycles. The second kappa shape index (κ2) is 6.51. The van der Waals surface area contributed by atoms with Gasteiger partial charge < -0.3 is 20.0 Å². The summed E-state index contributed by atoms with van der Waals surface area (Å²) in [7, 11) is 1.82. The number of nitrogens with one attached hydrogen (secondary N) is 2. The van der Waals surface area contributed by atoms with Gasteiger partial charge >= 0.3 is 6.18 Å². The van der Waals surface area contributed by atoms with E-state index >= 15 is 0 Å². The van der Waals surface area contributed by atoms with Crippen LogP contribution in [0.3, 0.4) is 0 Å². The summed E-state index contributed by atoms with van der Waals surface area (Å²) in [6.07, 6.45) is -2.43. The Kier molecular flexibility index (Phi) is 4.55. The first-order valence-electron chi connectivity index (χ1n) is 7.82. The molecule has 1 fully saturated rings. The number of aromatic amines is 1. The normalized spacial score (nSPS) is 23.8. The number of nitrogens with zero attached hydrogens (tertiary/aromatic N) is 3. The highest BCUT2D eigenvalue weighted by atomic mass is 19.4. The zero-order valence-electron chi connectivity index (χ0n) is 13.4. The first-order chi connectivity index (χ1) is 11.8. The Morgan fingerprint density at radius 1 is 1.44 bits per heavy atom. The van der Waals surface area contributed by atoms with E-state index in [1.54, 1.807) is 10.9 Å². The number of halogens is 3. The van der Waals surface area contributed by atoms with Gasteiger partial charge in [0.15, 0.2) is 0 Å². The molecule has 0 saturated heterocycles. The maximum Gasteiger partial charge on any atom is 0.431 e. The molecule has 136 valence electrons. The van der Waals surface area contributed by atoms with Crippen molar-refractivity contribution in [2.45, 2.75) is 31.0 Å². The summed E-state index contributed by atoms with van der Waals surface area (Å²) >= 11 is 0. The van der Waals surface area contributed by atoms with Gasteiger partial charge in [0.1, 0.15) is 23.5 Å². The van der Waals surface area contributed by atoms with E-state index in [1.165, 1.54) is 0 Å².